The summed E-state index contributed by atoms with van der Waals surface area (Å²) in [5.41, 5.74) is 0.853. The maximum absolute atomic E-state index is 12.9. The molecule has 1 aliphatic heterocycles. The van der Waals surface area contributed by atoms with Gasteiger partial charge in [-0.2, -0.15) is 0 Å². The van der Waals surface area contributed by atoms with Gasteiger partial charge in [-0.05, 0) is 49.1 Å². The van der Waals surface area contributed by atoms with Crippen molar-refractivity contribution in [2.24, 2.45) is 0 Å². The van der Waals surface area contributed by atoms with Crippen LogP contribution in [0.5, 0.6) is 5.75 Å². The molecule has 2 amide bonds. The highest BCUT2D eigenvalue weighted by atomic mass is 35.5. The standard InChI is InChI=1S/C29H34Cl2N2O7/c1-33-26(35)12-15-29(33,16-13-27(36)38-2)14-11-25(34)32-24(28(37)39-3)17-19-7-9-20(10-8-19)40-18-21-22(30)5-4-6-23(21)31/h4-10,24H,11-18H2,1-3H3,(H,32,34). The maximum atomic E-state index is 12.9. The molecule has 216 valence electrons. The first-order valence-corrected chi connectivity index (χ1v) is 13.7. The minimum Gasteiger partial charge on any atom is -0.489 e. The molecule has 0 aromatic heterocycles. The van der Waals surface area contributed by atoms with Crippen LogP contribution in [0.3, 0.4) is 0 Å². The van der Waals surface area contributed by atoms with Crippen molar-refractivity contribution in [3.63, 3.8) is 0 Å². The van der Waals surface area contributed by atoms with Crippen LogP contribution in [0.1, 0.15) is 49.7 Å². The topological polar surface area (TPSA) is 111 Å². The molecule has 1 N–H and O–H groups in total. The average Bonchev–Trinajstić information content (AvgIpc) is 3.23. The van der Waals surface area contributed by atoms with Gasteiger partial charge in [0.2, 0.25) is 11.8 Å². The third-order valence-electron chi connectivity index (χ3n) is 7.36. The molecular formula is C29H34Cl2N2O7. The average molecular weight is 594 g/mol. The van der Waals surface area contributed by atoms with E-state index in [1.165, 1.54) is 14.2 Å². The Kier molecular flexibility index (Phi) is 11.2. The third-order valence-corrected chi connectivity index (χ3v) is 8.07. The fourth-order valence-corrected chi connectivity index (χ4v) is 5.32. The Bertz CT molecular complexity index is 1200. The predicted molar refractivity (Wildman–Crippen MR) is 150 cm³/mol. The van der Waals surface area contributed by atoms with Crippen molar-refractivity contribution in [1.29, 1.82) is 0 Å². The van der Waals surface area contributed by atoms with Crippen molar-refractivity contribution in [1.82, 2.24) is 10.2 Å². The van der Waals surface area contributed by atoms with E-state index in [1.807, 2.05) is 0 Å². The quantitative estimate of drug-likeness (QED) is 0.341. The van der Waals surface area contributed by atoms with Gasteiger partial charge in [0.25, 0.3) is 0 Å². The lowest BCUT2D eigenvalue weighted by atomic mass is 9.85. The Labute approximate surface area is 244 Å². The van der Waals surface area contributed by atoms with E-state index in [2.05, 4.69) is 5.32 Å². The van der Waals surface area contributed by atoms with Gasteiger partial charge in [0.15, 0.2) is 0 Å². The van der Waals surface area contributed by atoms with Crippen LogP contribution in [0.25, 0.3) is 0 Å². The molecule has 1 aliphatic rings. The number of benzene rings is 2. The molecule has 2 aromatic rings. The summed E-state index contributed by atoms with van der Waals surface area (Å²) in [6, 6.07) is 11.5. The minimum atomic E-state index is -0.903. The summed E-state index contributed by atoms with van der Waals surface area (Å²) in [6.45, 7) is 0.195. The number of hydrogen-bond donors (Lipinski definition) is 1. The molecule has 0 saturated carbocycles. The van der Waals surface area contributed by atoms with E-state index >= 15 is 0 Å². The number of carbonyl (C=O) groups is 4. The molecule has 0 aliphatic carbocycles. The lowest BCUT2D eigenvalue weighted by Gasteiger charge is -2.36. The summed E-state index contributed by atoms with van der Waals surface area (Å²) in [6.07, 6.45) is 2.08. The number of hydrogen-bond acceptors (Lipinski definition) is 7. The number of rotatable bonds is 13. The number of carbonyl (C=O) groups excluding carboxylic acids is 4. The van der Waals surface area contributed by atoms with Crippen LogP contribution in [-0.4, -0.2) is 61.5 Å². The van der Waals surface area contributed by atoms with Crippen LogP contribution in [-0.2, 0) is 41.7 Å². The van der Waals surface area contributed by atoms with Crippen molar-refractivity contribution in [3.8, 4) is 5.75 Å². The lowest BCUT2D eigenvalue weighted by Crippen LogP contribution is -2.46. The SMILES string of the molecule is COC(=O)CCC1(CCC(=O)NC(Cc2ccc(OCc3c(Cl)cccc3Cl)cc2)C(=O)OC)CCC(=O)N1C. The molecule has 0 spiro atoms. The molecule has 40 heavy (non-hydrogen) atoms. The summed E-state index contributed by atoms with van der Waals surface area (Å²) in [7, 11) is 4.27. The normalized spacial score (nSPS) is 17.3. The van der Waals surface area contributed by atoms with E-state index in [0.29, 0.717) is 47.0 Å². The van der Waals surface area contributed by atoms with Crippen LogP contribution >= 0.6 is 23.2 Å². The molecule has 3 rings (SSSR count). The lowest BCUT2D eigenvalue weighted by molar-refractivity contribution is -0.145. The Morgan fingerprint density at radius 3 is 2.23 bits per heavy atom. The molecule has 9 nitrogen and oxygen atoms in total. The first-order chi connectivity index (χ1) is 19.1. The highest BCUT2D eigenvalue weighted by Gasteiger charge is 2.43. The largest absolute Gasteiger partial charge is 0.489 e. The van der Waals surface area contributed by atoms with Crippen molar-refractivity contribution < 1.29 is 33.4 Å². The summed E-state index contributed by atoms with van der Waals surface area (Å²) in [5, 5.41) is 3.79. The molecule has 1 saturated heterocycles. The van der Waals surface area contributed by atoms with Gasteiger partial charge in [0, 0.05) is 53.9 Å². The van der Waals surface area contributed by atoms with Crippen molar-refractivity contribution in [2.45, 2.75) is 63.1 Å². The number of nitrogens with one attached hydrogen (secondary N) is 1. The second kappa shape index (κ2) is 14.4. The van der Waals surface area contributed by atoms with E-state index in [0.717, 1.165) is 5.56 Å². The zero-order valence-electron chi connectivity index (χ0n) is 22.8. The van der Waals surface area contributed by atoms with Gasteiger partial charge in [0.05, 0.1) is 14.2 Å². The summed E-state index contributed by atoms with van der Waals surface area (Å²) in [5.74, 6) is -0.731. The highest BCUT2D eigenvalue weighted by Crippen LogP contribution is 2.37. The summed E-state index contributed by atoms with van der Waals surface area (Å²) >= 11 is 12.4. The van der Waals surface area contributed by atoms with Gasteiger partial charge in [-0.15, -0.1) is 0 Å². The Balaban J connectivity index is 1.59. The van der Waals surface area contributed by atoms with Crippen LogP contribution in [0.4, 0.5) is 0 Å². The minimum absolute atomic E-state index is 0.0277. The second-order valence-corrected chi connectivity index (χ2v) is 10.5. The van der Waals surface area contributed by atoms with Gasteiger partial charge in [-0.1, -0.05) is 41.4 Å². The van der Waals surface area contributed by atoms with Gasteiger partial charge >= 0.3 is 11.9 Å². The van der Waals surface area contributed by atoms with Gasteiger partial charge < -0.3 is 24.4 Å². The number of ether oxygens (including phenoxy) is 3. The van der Waals surface area contributed by atoms with E-state index in [-0.39, 0.29) is 43.7 Å². The number of methoxy groups -OCH3 is 2. The van der Waals surface area contributed by atoms with E-state index in [4.69, 9.17) is 37.4 Å². The first-order valence-electron chi connectivity index (χ1n) is 12.9. The second-order valence-electron chi connectivity index (χ2n) is 9.73. The van der Waals surface area contributed by atoms with Crippen LogP contribution in [0.15, 0.2) is 42.5 Å². The zero-order valence-corrected chi connectivity index (χ0v) is 24.3. The number of nitrogens with zero attached hydrogens (tertiary/aromatic N) is 1. The van der Waals surface area contributed by atoms with E-state index in [9.17, 15) is 19.2 Å². The van der Waals surface area contributed by atoms with Gasteiger partial charge in [-0.3, -0.25) is 14.4 Å². The number of likely N-dealkylation sites (tertiary alicyclic amines) is 1. The van der Waals surface area contributed by atoms with Crippen molar-refractivity contribution >= 4 is 47.0 Å². The number of amides is 2. The third kappa shape index (κ3) is 8.11. The van der Waals surface area contributed by atoms with Crippen molar-refractivity contribution in [3.05, 3.63) is 63.6 Å². The highest BCUT2D eigenvalue weighted by molar-refractivity contribution is 6.35. The molecule has 11 heteroatoms. The maximum Gasteiger partial charge on any atom is 0.328 e. The smallest absolute Gasteiger partial charge is 0.328 e. The molecule has 1 fully saturated rings. The summed E-state index contributed by atoms with van der Waals surface area (Å²) in [4.78, 5) is 51.0. The monoisotopic (exact) mass is 592 g/mol. The fraction of sp³-hybridized carbons (Fsp3) is 0.448. The van der Waals surface area contributed by atoms with E-state index in [1.54, 1.807) is 54.4 Å². The molecule has 2 unspecified atom stereocenters. The Morgan fingerprint density at radius 2 is 1.65 bits per heavy atom. The molecule has 2 atom stereocenters. The Hall–Kier alpha value is -3.30. The molecule has 1 heterocycles. The van der Waals surface area contributed by atoms with Crippen LogP contribution < -0.4 is 10.1 Å². The first kappa shape index (κ1) is 31.2. The fourth-order valence-electron chi connectivity index (χ4n) is 4.82. The van der Waals surface area contributed by atoms with Crippen molar-refractivity contribution in [2.75, 3.05) is 21.3 Å². The van der Waals surface area contributed by atoms with Crippen LogP contribution in [0.2, 0.25) is 10.0 Å². The zero-order chi connectivity index (χ0) is 29.3. The van der Waals surface area contributed by atoms with Gasteiger partial charge in [0.1, 0.15) is 18.4 Å². The number of halogens is 2. The Morgan fingerprint density at radius 1 is 1.00 bits per heavy atom. The molecular weight excluding hydrogens is 559 g/mol. The van der Waals surface area contributed by atoms with Crippen LogP contribution in [0, 0.1) is 0 Å². The molecule has 0 radical (unpaired) electrons. The number of esters is 2. The summed E-state index contributed by atoms with van der Waals surface area (Å²) < 4.78 is 15.5. The predicted octanol–water partition coefficient (Wildman–Crippen LogP) is 4.50. The molecule has 0 bridgehead atoms. The van der Waals surface area contributed by atoms with Gasteiger partial charge in [-0.25, -0.2) is 4.79 Å². The van der Waals surface area contributed by atoms with E-state index < -0.39 is 17.6 Å². The molecule has 2 aromatic carbocycles.